The first-order chi connectivity index (χ1) is 5.69. The average Bonchev–Trinajstić information content (AvgIpc) is 2.08. The van der Waals surface area contributed by atoms with Crippen LogP contribution in [-0.2, 0) is 0 Å². The first-order valence-electron chi connectivity index (χ1n) is 3.33. The van der Waals surface area contributed by atoms with Crippen molar-refractivity contribution in [3.63, 3.8) is 0 Å². The van der Waals surface area contributed by atoms with E-state index in [2.05, 4.69) is 4.98 Å². The van der Waals surface area contributed by atoms with Gasteiger partial charge in [-0.25, -0.2) is 0 Å². The highest BCUT2D eigenvalue weighted by atomic mass is 16.5. The van der Waals surface area contributed by atoms with Gasteiger partial charge in [-0.2, -0.15) is 4.98 Å². The molecule has 0 saturated heterocycles. The molecule has 0 aliphatic carbocycles. The molecule has 12 heavy (non-hydrogen) atoms. The molecule has 1 heterocycles. The number of anilines is 2. The molecule has 66 valence electrons. The summed E-state index contributed by atoms with van der Waals surface area (Å²) in [5.74, 6) is 1.07. The summed E-state index contributed by atoms with van der Waals surface area (Å²) < 4.78 is 9.82. The third-order valence-electron chi connectivity index (χ3n) is 1.42. The number of aromatic nitrogens is 1. The van der Waals surface area contributed by atoms with Crippen LogP contribution >= 0.6 is 0 Å². The first-order valence-corrected chi connectivity index (χ1v) is 3.33. The van der Waals surface area contributed by atoms with Crippen LogP contribution in [0.3, 0.4) is 0 Å². The van der Waals surface area contributed by atoms with Gasteiger partial charge in [-0.05, 0) is 0 Å². The summed E-state index contributed by atoms with van der Waals surface area (Å²) in [6.07, 6.45) is 0. The Morgan fingerprint density at radius 1 is 1.25 bits per heavy atom. The Labute approximate surface area is 70.3 Å². The quantitative estimate of drug-likeness (QED) is 0.663. The zero-order valence-corrected chi connectivity index (χ0v) is 7.00. The minimum Gasteiger partial charge on any atom is -0.494 e. The number of pyridine rings is 1. The lowest BCUT2D eigenvalue weighted by atomic mass is 10.3. The maximum atomic E-state index is 5.61. The molecule has 0 spiro atoms. The number of rotatable bonds is 2. The van der Waals surface area contributed by atoms with Gasteiger partial charge in [0.15, 0.2) is 5.75 Å². The number of methoxy groups -OCH3 is 2. The summed E-state index contributed by atoms with van der Waals surface area (Å²) >= 11 is 0. The number of hydrogen-bond acceptors (Lipinski definition) is 5. The van der Waals surface area contributed by atoms with Crippen LogP contribution < -0.4 is 20.9 Å². The lowest BCUT2D eigenvalue weighted by Gasteiger charge is -2.08. The summed E-state index contributed by atoms with van der Waals surface area (Å²) in [6, 6.07) is 1.54. The Hall–Kier alpha value is -1.65. The fourth-order valence-electron chi connectivity index (χ4n) is 0.852. The Kier molecular flexibility index (Phi) is 2.23. The SMILES string of the molecule is COc1cc(N)nc(OC)c1N. The number of nitrogen functional groups attached to an aromatic ring is 2. The van der Waals surface area contributed by atoms with Crippen LogP contribution in [0.25, 0.3) is 0 Å². The zero-order valence-electron chi connectivity index (χ0n) is 7.00. The van der Waals surface area contributed by atoms with Crippen molar-refractivity contribution in [1.29, 1.82) is 0 Å². The highest BCUT2D eigenvalue weighted by Crippen LogP contribution is 2.30. The minimum atomic E-state index is 0.284. The molecule has 0 atom stereocenters. The van der Waals surface area contributed by atoms with Crippen LogP contribution in [0.4, 0.5) is 11.5 Å². The van der Waals surface area contributed by atoms with Gasteiger partial charge in [-0.15, -0.1) is 0 Å². The first kappa shape index (κ1) is 8.45. The molecule has 0 amide bonds. The summed E-state index contributed by atoms with van der Waals surface area (Å²) in [4.78, 5) is 3.85. The van der Waals surface area contributed by atoms with Crippen LogP contribution in [0.15, 0.2) is 6.07 Å². The monoisotopic (exact) mass is 169 g/mol. The average molecular weight is 169 g/mol. The summed E-state index contributed by atoms with van der Waals surface area (Å²) in [5, 5.41) is 0. The summed E-state index contributed by atoms with van der Waals surface area (Å²) in [5.41, 5.74) is 11.4. The molecule has 0 unspecified atom stereocenters. The van der Waals surface area contributed by atoms with Gasteiger partial charge in [0.1, 0.15) is 11.5 Å². The predicted octanol–water partition coefficient (Wildman–Crippen LogP) is 0.263. The number of ether oxygens (including phenoxy) is 2. The lowest BCUT2D eigenvalue weighted by Crippen LogP contribution is -2.01. The van der Waals surface area contributed by atoms with Crippen molar-refractivity contribution in [3.05, 3.63) is 6.07 Å². The van der Waals surface area contributed by atoms with E-state index < -0.39 is 0 Å². The molecule has 5 heteroatoms. The maximum absolute atomic E-state index is 5.61. The molecule has 0 aliphatic rings. The minimum absolute atomic E-state index is 0.284. The van der Waals surface area contributed by atoms with Crippen LogP contribution in [0.1, 0.15) is 0 Å². The normalized spacial score (nSPS) is 9.50. The van der Waals surface area contributed by atoms with E-state index in [0.29, 0.717) is 17.3 Å². The van der Waals surface area contributed by atoms with Crippen molar-refractivity contribution >= 4 is 11.5 Å². The van der Waals surface area contributed by atoms with Gasteiger partial charge in [0.05, 0.1) is 14.2 Å². The molecule has 1 aromatic heterocycles. The van der Waals surface area contributed by atoms with Gasteiger partial charge < -0.3 is 20.9 Å². The van der Waals surface area contributed by atoms with E-state index in [1.165, 1.54) is 20.3 Å². The maximum Gasteiger partial charge on any atom is 0.242 e. The standard InChI is InChI=1S/C7H11N3O2/c1-11-4-3-5(8)10-7(12-2)6(4)9/h3H,9H2,1-2H3,(H2,8,10). The van der Waals surface area contributed by atoms with Crippen LogP contribution in [0, 0.1) is 0 Å². The Morgan fingerprint density at radius 3 is 2.42 bits per heavy atom. The largest absolute Gasteiger partial charge is 0.494 e. The van der Waals surface area contributed by atoms with Crippen molar-refractivity contribution in [2.45, 2.75) is 0 Å². The molecule has 5 nitrogen and oxygen atoms in total. The summed E-state index contributed by atoms with van der Waals surface area (Å²) in [7, 11) is 2.97. The second kappa shape index (κ2) is 3.17. The highest BCUT2D eigenvalue weighted by molar-refractivity contribution is 5.63. The fourth-order valence-corrected chi connectivity index (χ4v) is 0.852. The third-order valence-corrected chi connectivity index (χ3v) is 1.42. The highest BCUT2D eigenvalue weighted by Gasteiger charge is 2.08. The molecule has 0 fully saturated rings. The topological polar surface area (TPSA) is 83.4 Å². The van der Waals surface area contributed by atoms with E-state index in [4.69, 9.17) is 20.9 Å². The van der Waals surface area contributed by atoms with Gasteiger partial charge in [-0.3, -0.25) is 0 Å². The summed E-state index contributed by atoms with van der Waals surface area (Å²) in [6.45, 7) is 0. The van der Waals surface area contributed by atoms with Crippen molar-refractivity contribution in [3.8, 4) is 11.6 Å². The molecular formula is C7H11N3O2. The Morgan fingerprint density at radius 2 is 1.92 bits per heavy atom. The van der Waals surface area contributed by atoms with Gasteiger partial charge in [0.25, 0.3) is 0 Å². The van der Waals surface area contributed by atoms with Gasteiger partial charge in [-0.1, -0.05) is 0 Å². The van der Waals surface area contributed by atoms with E-state index in [9.17, 15) is 0 Å². The van der Waals surface area contributed by atoms with E-state index in [-0.39, 0.29) is 5.88 Å². The second-order valence-electron chi connectivity index (χ2n) is 2.17. The molecule has 0 bridgehead atoms. The molecule has 0 radical (unpaired) electrons. The van der Waals surface area contributed by atoms with Crippen LogP contribution in [0.5, 0.6) is 11.6 Å². The molecule has 0 aromatic carbocycles. The van der Waals surface area contributed by atoms with Crippen LogP contribution in [0.2, 0.25) is 0 Å². The second-order valence-corrected chi connectivity index (χ2v) is 2.17. The molecule has 1 aromatic rings. The van der Waals surface area contributed by atoms with Crippen molar-refractivity contribution in [2.24, 2.45) is 0 Å². The van der Waals surface area contributed by atoms with E-state index in [1.54, 1.807) is 0 Å². The molecule has 0 saturated carbocycles. The van der Waals surface area contributed by atoms with Crippen molar-refractivity contribution < 1.29 is 9.47 Å². The molecule has 1 rings (SSSR count). The van der Waals surface area contributed by atoms with Crippen molar-refractivity contribution in [1.82, 2.24) is 4.98 Å². The molecular weight excluding hydrogens is 158 g/mol. The lowest BCUT2D eigenvalue weighted by molar-refractivity contribution is 0.387. The third kappa shape index (κ3) is 1.34. The Balaban J connectivity index is 3.22. The molecule has 4 N–H and O–H groups in total. The fraction of sp³-hybridized carbons (Fsp3) is 0.286. The number of hydrogen-bond donors (Lipinski definition) is 2. The van der Waals surface area contributed by atoms with E-state index in [1.807, 2.05) is 0 Å². The van der Waals surface area contributed by atoms with E-state index in [0.717, 1.165) is 0 Å². The van der Waals surface area contributed by atoms with Crippen LogP contribution in [-0.4, -0.2) is 19.2 Å². The van der Waals surface area contributed by atoms with Crippen molar-refractivity contribution in [2.75, 3.05) is 25.7 Å². The van der Waals surface area contributed by atoms with E-state index >= 15 is 0 Å². The van der Waals surface area contributed by atoms with Gasteiger partial charge in [0, 0.05) is 6.07 Å². The number of nitrogens with zero attached hydrogens (tertiary/aromatic N) is 1. The van der Waals surface area contributed by atoms with Gasteiger partial charge >= 0.3 is 0 Å². The number of nitrogens with two attached hydrogens (primary N) is 2. The van der Waals surface area contributed by atoms with Gasteiger partial charge in [0.2, 0.25) is 5.88 Å². The smallest absolute Gasteiger partial charge is 0.242 e. The Bertz CT molecular complexity index is 263. The predicted molar refractivity (Wildman–Crippen MR) is 46.2 cm³/mol. The molecule has 0 aliphatic heterocycles. The zero-order chi connectivity index (χ0) is 9.14.